The predicted octanol–water partition coefficient (Wildman–Crippen LogP) is 1.99. The van der Waals surface area contributed by atoms with Crippen LogP contribution in [-0.4, -0.2) is 24.4 Å². The number of hydrogen-bond acceptors (Lipinski definition) is 2. The Morgan fingerprint density at radius 1 is 1.00 bits per heavy atom. The summed E-state index contributed by atoms with van der Waals surface area (Å²) < 4.78 is 5.54. The van der Waals surface area contributed by atoms with Gasteiger partial charge in [-0.2, -0.15) is 0 Å². The molecule has 3 nitrogen and oxygen atoms in total. The van der Waals surface area contributed by atoms with Crippen LogP contribution in [0.4, 0.5) is 0 Å². The van der Waals surface area contributed by atoms with E-state index < -0.39 is 6.10 Å². The van der Waals surface area contributed by atoms with Crippen molar-refractivity contribution in [1.29, 1.82) is 0 Å². The minimum absolute atomic E-state index is 0.0490. The van der Waals surface area contributed by atoms with Crippen LogP contribution in [0.2, 0.25) is 0 Å². The van der Waals surface area contributed by atoms with E-state index in [1.807, 2.05) is 18.2 Å². The minimum atomic E-state index is -0.509. The molecule has 0 aliphatic carbocycles. The van der Waals surface area contributed by atoms with Gasteiger partial charge < -0.3 is 15.6 Å². The summed E-state index contributed by atoms with van der Waals surface area (Å²) in [5.41, 5.74) is 6.12. The monoisotopic (exact) mass is 286 g/mol. The number of rotatable bonds is 6. The van der Waals surface area contributed by atoms with Crippen LogP contribution < -0.4 is 10.5 Å². The van der Waals surface area contributed by atoms with Crippen molar-refractivity contribution in [2.45, 2.75) is 25.4 Å². The molecule has 2 rings (SSSR count). The van der Waals surface area contributed by atoms with Gasteiger partial charge in [-0.15, -0.1) is 0 Å². The number of benzene rings is 2. The van der Waals surface area contributed by atoms with E-state index in [2.05, 4.69) is 56.0 Å². The molecule has 2 aromatic rings. The van der Waals surface area contributed by atoms with E-state index in [1.54, 1.807) is 0 Å². The van der Waals surface area contributed by atoms with Crippen molar-refractivity contribution in [2.24, 2.45) is 0 Å². The van der Waals surface area contributed by atoms with Crippen LogP contribution in [0.15, 0.2) is 54.6 Å². The first-order chi connectivity index (χ1) is 10.0. The summed E-state index contributed by atoms with van der Waals surface area (Å²) in [6.07, 6.45) is -0.509. The smallest absolute Gasteiger partial charge is 0.136 e. The van der Waals surface area contributed by atoms with Gasteiger partial charge in [0.15, 0.2) is 0 Å². The SMILES string of the molecule is CC(C)(c1ccccc1)c1ccc(OC[C@@H](O)C[NH3+])cc1. The molecular weight excluding hydrogens is 262 g/mol. The van der Waals surface area contributed by atoms with Gasteiger partial charge in [-0.05, 0) is 23.3 Å². The van der Waals surface area contributed by atoms with Gasteiger partial charge in [-0.3, -0.25) is 0 Å². The molecule has 0 unspecified atom stereocenters. The molecule has 0 aliphatic rings. The second kappa shape index (κ2) is 6.74. The first-order valence-corrected chi connectivity index (χ1v) is 7.30. The quantitative estimate of drug-likeness (QED) is 0.853. The van der Waals surface area contributed by atoms with E-state index in [0.29, 0.717) is 6.54 Å². The summed E-state index contributed by atoms with van der Waals surface area (Å²) in [5.74, 6) is 0.773. The summed E-state index contributed by atoms with van der Waals surface area (Å²) in [4.78, 5) is 0. The van der Waals surface area contributed by atoms with Gasteiger partial charge >= 0.3 is 0 Å². The van der Waals surface area contributed by atoms with Gasteiger partial charge in [0.25, 0.3) is 0 Å². The maximum Gasteiger partial charge on any atom is 0.136 e. The van der Waals surface area contributed by atoms with Gasteiger partial charge in [-0.25, -0.2) is 0 Å². The zero-order valence-corrected chi connectivity index (χ0v) is 12.8. The van der Waals surface area contributed by atoms with Gasteiger partial charge in [-0.1, -0.05) is 56.3 Å². The van der Waals surface area contributed by atoms with Crippen molar-refractivity contribution >= 4 is 0 Å². The summed E-state index contributed by atoms with van der Waals surface area (Å²) in [6.45, 7) is 5.17. The molecular formula is C18H24NO2+. The molecule has 0 heterocycles. The van der Waals surface area contributed by atoms with Crippen LogP contribution in [-0.2, 0) is 5.41 Å². The van der Waals surface area contributed by atoms with Crippen molar-refractivity contribution in [1.82, 2.24) is 0 Å². The van der Waals surface area contributed by atoms with E-state index in [1.165, 1.54) is 11.1 Å². The van der Waals surface area contributed by atoms with Crippen LogP contribution in [0.1, 0.15) is 25.0 Å². The summed E-state index contributed by atoms with van der Waals surface area (Å²) in [7, 11) is 0. The molecule has 4 N–H and O–H groups in total. The summed E-state index contributed by atoms with van der Waals surface area (Å²) in [6, 6.07) is 18.5. The van der Waals surface area contributed by atoms with Crippen molar-refractivity contribution in [3.63, 3.8) is 0 Å². The van der Waals surface area contributed by atoms with Crippen molar-refractivity contribution in [3.8, 4) is 5.75 Å². The zero-order valence-electron chi connectivity index (χ0n) is 12.8. The topological polar surface area (TPSA) is 57.1 Å². The third kappa shape index (κ3) is 3.84. The molecule has 0 fully saturated rings. The fourth-order valence-corrected chi connectivity index (χ4v) is 2.27. The lowest BCUT2D eigenvalue weighted by atomic mass is 9.78. The predicted molar refractivity (Wildman–Crippen MR) is 84.3 cm³/mol. The number of aliphatic hydroxyl groups is 1. The first kappa shape index (κ1) is 15.5. The van der Waals surface area contributed by atoms with E-state index in [0.717, 1.165) is 5.75 Å². The molecule has 0 saturated carbocycles. The summed E-state index contributed by atoms with van der Waals surface area (Å²) >= 11 is 0. The molecule has 112 valence electrons. The largest absolute Gasteiger partial charge is 0.491 e. The Hall–Kier alpha value is -1.84. The normalized spacial score (nSPS) is 13.0. The highest BCUT2D eigenvalue weighted by Crippen LogP contribution is 2.32. The Morgan fingerprint density at radius 2 is 1.57 bits per heavy atom. The minimum Gasteiger partial charge on any atom is -0.491 e. The van der Waals surface area contributed by atoms with E-state index in [9.17, 15) is 5.11 Å². The molecule has 1 atom stereocenters. The van der Waals surface area contributed by atoms with E-state index in [-0.39, 0.29) is 12.0 Å². The number of ether oxygens (including phenoxy) is 1. The Kier molecular flexibility index (Phi) is 4.99. The second-order valence-electron chi connectivity index (χ2n) is 5.77. The lowest BCUT2D eigenvalue weighted by molar-refractivity contribution is -0.384. The Bertz CT molecular complexity index is 549. The van der Waals surface area contributed by atoms with Crippen LogP contribution in [0.5, 0.6) is 5.75 Å². The lowest BCUT2D eigenvalue weighted by Gasteiger charge is -2.26. The molecule has 21 heavy (non-hydrogen) atoms. The highest BCUT2D eigenvalue weighted by Gasteiger charge is 2.22. The van der Waals surface area contributed by atoms with Gasteiger partial charge in [0.05, 0.1) is 0 Å². The lowest BCUT2D eigenvalue weighted by Crippen LogP contribution is -2.56. The molecule has 2 aromatic carbocycles. The molecule has 0 amide bonds. The molecule has 0 radical (unpaired) electrons. The second-order valence-corrected chi connectivity index (χ2v) is 5.77. The third-order valence-electron chi connectivity index (χ3n) is 3.85. The van der Waals surface area contributed by atoms with Crippen molar-refractivity contribution < 1.29 is 15.6 Å². The molecule has 0 aromatic heterocycles. The molecule has 3 heteroatoms. The average molecular weight is 286 g/mol. The van der Waals surface area contributed by atoms with Crippen LogP contribution >= 0.6 is 0 Å². The average Bonchev–Trinajstić information content (AvgIpc) is 2.53. The highest BCUT2D eigenvalue weighted by molar-refractivity contribution is 5.39. The van der Waals surface area contributed by atoms with Gasteiger partial charge in [0.2, 0.25) is 0 Å². The van der Waals surface area contributed by atoms with Gasteiger partial charge in [0.1, 0.15) is 25.0 Å². The molecule has 0 spiro atoms. The fraction of sp³-hybridized carbons (Fsp3) is 0.333. The number of hydrogen-bond donors (Lipinski definition) is 2. The third-order valence-corrected chi connectivity index (χ3v) is 3.85. The summed E-state index contributed by atoms with van der Waals surface area (Å²) in [5, 5.41) is 9.46. The van der Waals surface area contributed by atoms with Crippen LogP contribution in [0.25, 0.3) is 0 Å². The van der Waals surface area contributed by atoms with E-state index in [4.69, 9.17) is 4.74 Å². The zero-order chi connectivity index (χ0) is 15.3. The van der Waals surface area contributed by atoms with Crippen LogP contribution in [0, 0.1) is 0 Å². The Morgan fingerprint density at radius 3 is 2.14 bits per heavy atom. The number of aliphatic hydroxyl groups excluding tert-OH is 1. The first-order valence-electron chi connectivity index (χ1n) is 7.30. The Labute approximate surface area is 126 Å². The number of quaternary nitrogens is 1. The molecule has 0 bridgehead atoms. The maximum atomic E-state index is 9.46. The standard InChI is InChI=1S/C18H23NO2/c1-18(2,14-6-4-3-5-7-14)15-8-10-17(11-9-15)21-13-16(20)12-19/h3-11,16,20H,12-13,19H2,1-2H3/p+1/t16-/m0/s1. The van der Waals surface area contributed by atoms with Crippen molar-refractivity contribution in [3.05, 3.63) is 65.7 Å². The highest BCUT2D eigenvalue weighted by atomic mass is 16.5. The van der Waals surface area contributed by atoms with Crippen molar-refractivity contribution in [2.75, 3.05) is 13.2 Å². The molecule has 0 saturated heterocycles. The van der Waals surface area contributed by atoms with E-state index >= 15 is 0 Å². The van der Waals surface area contributed by atoms with Gasteiger partial charge in [0, 0.05) is 5.41 Å². The van der Waals surface area contributed by atoms with Crippen LogP contribution in [0.3, 0.4) is 0 Å². The maximum absolute atomic E-state index is 9.46. The Balaban J connectivity index is 2.11. The fourth-order valence-electron chi connectivity index (χ4n) is 2.27. The molecule has 0 aliphatic heterocycles.